The fraction of sp³-hybridized carbons (Fsp3) is 0.812. The van der Waals surface area contributed by atoms with Crippen LogP contribution in [0.25, 0.3) is 0 Å². The van der Waals surface area contributed by atoms with E-state index in [0.29, 0.717) is 0 Å². The van der Waals surface area contributed by atoms with Crippen LogP contribution in [-0.4, -0.2) is 26.6 Å². The van der Waals surface area contributed by atoms with E-state index < -0.39 is 6.10 Å². The average molecular weight is 276 g/mol. The molecular weight excluding hydrogens is 252 g/mol. The number of hydrogen-bond acceptors (Lipinski definition) is 3. The average Bonchev–Trinajstić information content (AvgIpc) is 2.79. The largest absolute Gasteiger partial charge is 0.393 e. The molecule has 1 aromatic rings. The Balaban J connectivity index is 1.70. The van der Waals surface area contributed by atoms with Crippen molar-refractivity contribution in [2.75, 3.05) is 6.61 Å². The normalized spacial score (nSPS) is 40.2. The molecule has 1 atom stereocenters. The maximum Gasteiger partial charge on any atom is 0.119 e. The monoisotopic (exact) mass is 276 g/mol. The van der Waals surface area contributed by atoms with Gasteiger partial charge >= 0.3 is 0 Å². The van der Waals surface area contributed by atoms with Gasteiger partial charge in [0.15, 0.2) is 0 Å². The molecular formula is C16H24N2O2. The lowest BCUT2D eigenvalue weighted by atomic mass is 9.49. The van der Waals surface area contributed by atoms with Crippen LogP contribution < -0.4 is 0 Å². The first-order valence-electron chi connectivity index (χ1n) is 7.93. The number of aromatic nitrogens is 2. The van der Waals surface area contributed by atoms with Crippen LogP contribution in [0.4, 0.5) is 0 Å². The highest BCUT2D eigenvalue weighted by Crippen LogP contribution is 2.60. The summed E-state index contributed by atoms with van der Waals surface area (Å²) in [5.41, 5.74) is 2.18. The Morgan fingerprint density at radius 1 is 1.25 bits per heavy atom. The minimum atomic E-state index is -0.810. The third-order valence-corrected chi connectivity index (χ3v) is 6.01. The Bertz CT molecular complexity index is 487. The number of nitrogens with zero attached hydrogens (tertiary/aromatic N) is 2. The molecule has 0 spiro atoms. The van der Waals surface area contributed by atoms with E-state index in [-0.39, 0.29) is 12.0 Å². The number of aryl methyl sites for hydroxylation is 1. The molecule has 110 valence electrons. The lowest BCUT2D eigenvalue weighted by Crippen LogP contribution is -2.48. The van der Waals surface area contributed by atoms with Gasteiger partial charge < -0.3 is 10.2 Å². The molecule has 1 aromatic heterocycles. The molecule has 4 aliphatic carbocycles. The summed E-state index contributed by atoms with van der Waals surface area (Å²) in [5.74, 6) is 2.69. The fourth-order valence-corrected chi connectivity index (χ4v) is 5.57. The number of aliphatic hydroxyl groups is 2. The molecule has 0 saturated heterocycles. The van der Waals surface area contributed by atoms with Crippen molar-refractivity contribution < 1.29 is 10.2 Å². The summed E-state index contributed by atoms with van der Waals surface area (Å²) in [7, 11) is 1.87. The van der Waals surface area contributed by atoms with Crippen molar-refractivity contribution in [3.8, 4) is 0 Å². The highest BCUT2D eigenvalue weighted by atomic mass is 16.3. The molecule has 0 radical (unpaired) electrons. The Labute approximate surface area is 119 Å². The number of rotatable bonds is 3. The van der Waals surface area contributed by atoms with Crippen molar-refractivity contribution in [3.63, 3.8) is 0 Å². The van der Waals surface area contributed by atoms with Crippen LogP contribution in [0.15, 0.2) is 6.07 Å². The molecule has 20 heavy (non-hydrogen) atoms. The van der Waals surface area contributed by atoms with Gasteiger partial charge in [-0.1, -0.05) is 0 Å². The molecule has 0 aromatic carbocycles. The smallest absolute Gasteiger partial charge is 0.119 e. The molecule has 4 aliphatic rings. The van der Waals surface area contributed by atoms with E-state index in [1.165, 1.54) is 44.2 Å². The second kappa shape index (κ2) is 4.31. The van der Waals surface area contributed by atoms with Crippen molar-refractivity contribution in [3.05, 3.63) is 17.5 Å². The first-order valence-corrected chi connectivity index (χ1v) is 7.93. The van der Waals surface area contributed by atoms with Crippen LogP contribution in [0, 0.1) is 17.8 Å². The molecule has 4 bridgehead atoms. The fourth-order valence-electron chi connectivity index (χ4n) is 5.57. The molecule has 4 nitrogen and oxygen atoms in total. The van der Waals surface area contributed by atoms with E-state index in [0.717, 1.165) is 23.4 Å². The van der Waals surface area contributed by atoms with Crippen LogP contribution in [-0.2, 0) is 12.5 Å². The predicted octanol–water partition coefficient (Wildman–Crippen LogP) is 1.91. The standard InChI is InChI=1S/C16H24N2O2/c1-18-13(14(20)9-19)5-15(17-18)16-6-10-2-11(7-16)4-12(3-10)8-16/h5,10-12,14,19-20H,2-4,6-9H2,1H3. The Hall–Kier alpha value is -0.870. The molecule has 0 amide bonds. The lowest BCUT2D eigenvalue weighted by Gasteiger charge is -2.56. The van der Waals surface area contributed by atoms with Crippen molar-refractivity contribution in [1.82, 2.24) is 9.78 Å². The van der Waals surface area contributed by atoms with Gasteiger partial charge in [-0.25, -0.2) is 0 Å². The number of aliphatic hydroxyl groups excluding tert-OH is 2. The van der Waals surface area contributed by atoms with Gasteiger partial charge in [0, 0.05) is 12.5 Å². The molecule has 2 N–H and O–H groups in total. The van der Waals surface area contributed by atoms with E-state index in [2.05, 4.69) is 0 Å². The van der Waals surface area contributed by atoms with Gasteiger partial charge in [0.2, 0.25) is 0 Å². The van der Waals surface area contributed by atoms with Crippen LogP contribution in [0.5, 0.6) is 0 Å². The summed E-state index contributed by atoms with van der Waals surface area (Å²) in [5, 5.41) is 23.8. The molecule has 4 fully saturated rings. The summed E-state index contributed by atoms with van der Waals surface area (Å²) in [4.78, 5) is 0. The van der Waals surface area contributed by atoms with Crippen molar-refractivity contribution >= 4 is 0 Å². The lowest BCUT2D eigenvalue weighted by molar-refractivity contribution is -0.00742. The van der Waals surface area contributed by atoms with Gasteiger partial charge in [-0.3, -0.25) is 4.68 Å². The topological polar surface area (TPSA) is 58.3 Å². The highest BCUT2D eigenvalue weighted by molar-refractivity contribution is 5.26. The second-order valence-electron chi connectivity index (χ2n) is 7.47. The Morgan fingerprint density at radius 2 is 1.80 bits per heavy atom. The van der Waals surface area contributed by atoms with E-state index >= 15 is 0 Å². The van der Waals surface area contributed by atoms with E-state index in [4.69, 9.17) is 10.2 Å². The molecule has 4 heteroatoms. The summed E-state index contributed by atoms with van der Waals surface area (Å²) in [6, 6.07) is 2.05. The van der Waals surface area contributed by atoms with Gasteiger partial charge in [-0.2, -0.15) is 5.10 Å². The predicted molar refractivity (Wildman–Crippen MR) is 75.1 cm³/mol. The van der Waals surface area contributed by atoms with Crippen molar-refractivity contribution in [2.24, 2.45) is 24.8 Å². The Kier molecular flexibility index (Phi) is 2.77. The maximum absolute atomic E-state index is 9.89. The maximum atomic E-state index is 9.89. The molecule has 5 rings (SSSR count). The van der Waals surface area contributed by atoms with E-state index in [9.17, 15) is 5.11 Å². The van der Waals surface area contributed by atoms with Crippen LogP contribution >= 0.6 is 0 Å². The Morgan fingerprint density at radius 3 is 2.30 bits per heavy atom. The molecule has 4 saturated carbocycles. The van der Waals surface area contributed by atoms with E-state index in [1.807, 2.05) is 13.1 Å². The quantitative estimate of drug-likeness (QED) is 0.886. The van der Waals surface area contributed by atoms with Gasteiger partial charge in [0.1, 0.15) is 6.10 Å². The molecule has 1 heterocycles. The summed E-state index contributed by atoms with van der Waals surface area (Å²) < 4.78 is 1.76. The minimum absolute atomic E-state index is 0.236. The van der Waals surface area contributed by atoms with E-state index in [1.54, 1.807) is 4.68 Å². The van der Waals surface area contributed by atoms with Crippen molar-refractivity contribution in [2.45, 2.75) is 50.0 Å². The van der Waals surface area contributed by atoms with Crippen molar-refractivity contribution in [1.29, 1.82) is 0 Å². The first kappa shape index (κ1) is 12.8. The summed E-state index contributed by atoms with van der Waals surface area (Å²) >= 11 is 0. The summed E-state index contributed by atoms with van der Waals surface area (Å²) in [6.07, 6.45) is 7.32. The first-order chi connectivity index (χ1) is 9.59. The third kappa shape index (κ3) is 1.77. The van der Waals surface area contributed by atoms with Crippen LogP contribution in [0.3, 0.4) is 0 Å². The highest BCUT2D eigenvalue weighted by Gasteiger charge is 2.52. The zero-order chi connectivity index (χ0) is 13.9. The molecule has 0 aliphatic heterocycles. The van der Waals surface area contributed by atoms with Crippen LogP contribution in [0.1, 0.15) is 56.0 Å². The third-order valence-electron chi connectivity index (χ3n) is 6.01. The second-order valence-corrected chi connectivity index (χ2v) is 7.47. The zero-order valence-corrected chi connectivity index (χ0v) is 12.1. The minimum Gasteiger partial charge on any atom is -0.393 e. The van der Waals surface area contributed by atoms with Gasteiger partial charge in [0.25, 0.3) is 0 Å². The van der Waals surface area contributed by atoms with Crippen LogP contribution in [0.2, 0.25) is 0 Å². The van der Waals surface area contributed by atoms with Gasteiger partial charge in [0.05, 0.1) is 18.0 Å². The number of hydrogen-bond donors (Lipinski definition) is 2. The SMILES string of the molecule is Cn1nc(C23CC4CC(CC(C4)C2)C3)cc1C(O)CO. The summed E-state index contributed by atoms with van der Waals surface area (Å²) in [6.45, 7) is -0.236. The zero-order valence-electron chi connectivity index (χ0n) is 12.1. The van der Waals surface area contributed by atoms with Gasteiger partial charge in [-0.15, -0.1) is 0 Å². The van der Waals surface area contributed by atoms with Gasteiger partial charge in [-0.05, 0) is 62.3 Å². The molecule has 1 unspecified atom stereocenters.